The third-order valence-corrected chi connectivity index (χ3v) is 14.9. The summed E-state index contributed by atoms with van der Waals surface area (Å²) in [5.74, 6) is -0.744. The van der Waals surface area contributed by atoms with E-state index in [0.717, 1.165) is 6.42 Å². The summed E-state index contributed by atoms with van der Waals surface area (Å²) in [5.41, 5.74) is 10.3. The molecule has 0 spiro atoms. The summed E-state index contributed by atoms with van der Waals surface area (Å²) in [7, 11) is 0. The maximum absolute atomic E-state index is 12.0. The van der Waals surface area contributed by atoms with Crippen molar-refractivity contribution in [1.82, 2.24) is 0 Å². The second-order valence-corrected chi connectivity index (χ2v) is 15.1. The molecule has 0 aromatic rings. The zero-order valence-corrected chi connectivity index (χ0v) is 14.8. The van der Waals surface area contributed by atoms with Crippen LogP contribution in [0.15, 0.2) is 9.91 Å². The SMILES string of the molecule is CC(C)C(CC(N)=O)(C(N)=O)[CH](C)[In]1[CH]=CC[CH2]1. The maximum atomic E-state index is 12.0. The van der Waals surface area contributed by atoms with Gasteiger partial charge in [-0.3, -0.25) is 0 Å². The van der Waals surface area contributed by atoms with Gasteiger partial charge in [-0.15, -0.1) is 0 Å². The molecule has 5 heteroatoms. The quantitative estimate of drug-likeness (QED) is 0.755. The molecule has 2 atom stereocenters. The van der Waals surface area contributed by atoms with Gasteiger partial charge in [0.2, 0.25) is 0 Å². The van der Waals surface area contributed by atoms with Gasteiger partial charge in [0, 0.05) is 0 Å². The van der Waals surface area contributed by atoms with Crippen LogP contribution in [0.25, 0.3) is 0 Å². The Balaban J connectivity index is 3.11. The predicted octanol–water partition coefficient (Wildman–Crippen LogP) is 1.37. The molecule has 1 rings (SSSR count). The van der Waals surface area contributed by atoms with E-state index in [1.54, 1.807) is 0 Å². The van der Waals surface area contributed by atoms with Gasteiger partial charge < -0.3 is 0 Å². The standard InChI is InChI=1S/C9H17N2O2.C4H6.In/c1-4-9(6(2)3,8(11)13)5-7(10)12;1-3-4-2;/h4,6H,5H2,1-3H3,(H2,10,12)(H2,11,13);1,3H,2,4H2;. The van der Waals surface area contributed by atoms with Crippen molar-refractivity contribution >= 4 is 33.3 Å². The number of amides is 2. The van der Waals surface area contributed by atoms with Gasteiger partial charge in [0.25, 0.3) is 0 Å². The molecular formula is C13H23InN2O2. The van der Waals surface area contributed by atoms with Crippen LogP contribution in [0.1, 0.15) is 33.6 Å². The van der Waals surface area contributed by atoms with E-state index in [9.17, 15) is 9.59 Å². The third kappa shape index (κ3) is 2.92. The molecule has 1 aliphatic rings. The Kier molecular flexibility index (Phi) is 5.32. The van der Waals surface area contributed by atoms with E-state index < -0.39 is 32.8 Å². The average molecular weight is 354 g/mol. The van der Waals surface area contributed by atoms with Gasteiger partial charge in [0.05, 0.1) is 0 Å². The fraction of sp³-hybridized carbons (Fsp3) is 0.692. The summed E-state index contributed by atoms with van der Waals surface area (Å²) in [4.78, 5) is 23.4. The number of allylic oxidation sites excluding steroid dienone is 1. The van der Waals surface area contributed by atoms with Gasteiger partial charge >= 0.3 is 117 Å². The molecule has 100 valence electrons. The van der Waals surface area contributed by atoms with E-state index >= 15 is 0 Å². The Morgan fingerprint density at radius 1 is 1.33 bits per heavy atom. The zero-order valence-electron chi connectivity index (χ0n) is 11.5. The molecule has 1 aliphatic heterocycles. The van der Waals surface area contributed by atoms with Crippen molar-refractivity contribution < 1.29 is 9.59 Å². The van der Waals surface area contributed by atoms with Gasteiger partial charge in [0.15, 0.2) is 0 Å². The van der Waals surface area contributed by atoms with Gasteiger partial charge in [-0.2, -0.15) is 0 Å². The van der Waals surface area contributed by atoms with Crippen molar-refractivity contribution in [2.75, 3.05) is 0 Å². The molecule has 0 aliphatic carbocycles. The molecule has 0 saturated carbocycles. The summed E-state index contributed by atoms with van der Waals surface area (Å²) in [5, 5.41) is 0. The molecular weight excluding hydrogens is 331 g/mol. The zero-order chi connectivity index (χ0) is 13.9. The number of carbonyl (C=O) groups is 2. The van der Waals surface area contributed by atoms with Crippen molar-refractivity contribution in [1.29, 1.82) is 0 Å². The third-order valence-electron chi connectivity index (χ3n) is 4.46. The first-order valence-electron chi connectivity index (χ1n) is 6.57. The van der Waals surface area contributed by atoms with E-state index in [4.69, 9.17) is 11.5 Å². The Morgan fingerprint density at radius 3 is 2.28 bits per heavy atom. The van der Waals surface area contributed by atoms with Crippen molar-refractivity contribution in [3.8, 4) is 0 Å². The van der Waals surface area contributed by atoms with Crippen molar-refractivity contribution in [2.45, 2.75) is 41.5 Å². The van der Waals surface area contributed by atoms with E-state index in [1.807, 2.05) is 13.8 Å². The first-order valence-corrected chi connectivity index (χ1v) is 12.7. The van der Waals surface area contributed by atoms with Gasteiger partial charge in [-0.25, -0.2) is 0 Å². The molecule has 0 fully saturated rings. The minimum atomic E-state index is -1.91. The predicted molar refractivity (Wildman–Crippen MR) is 74.0 cm³/mol. The summed E-state index contributed by atoms with van der Waals surface area (Å²) in [6.45, 7) is 6.04. The number of rotatable bonds is 6. The topological polar surface area (TPSA) is 86.2 Å². The Morgan fingerprint density at radius 2 is 1.94 bits per heavy atom. The molecule has 2 amide bonds. The molecule has 0 radical (unpaired) electrons. The number of hydrogen-bond donors (Lipinski definition) is 2. The summed E-state index contributed by atoms with van der Waals surface area (Å²) in [6.07, 6.45) is 3.42. The Labute approximate surface area is 117 Å². The monoisotopic (exact) mass is 354 g/mol. The number of primary amides is 2. The molecule has 0 aromatic heterocycles. The number of hydrogen-bond acceptors (Lipinski definition) is 2. The van der Waals surface area contributed by atoms with E-state index in [-0.39, 0.29) is 21.9 Å². The molecule has 18 heavy (non-hydrogen) atoms. The van der Waals surface area contributed by atoms with Crippen LogP contribution < -0.4 is 11.5 Å². The van der Waals surface area contributed by atoms with E-state index in [0.29, 0.717) is 0 Å². The van der Waals surface area contributed by atoms with Crippen LogP contribution in [-0.4, -0.2) is 33.3 Å². The second kappa shape index (κ2) is 6.13. The first-order chi connectivity index (χ1) is 8.32. The number of carbonyl (C=O) groups excluding carboxylic acids is 2. The molecule has 0 saturated heterocycles. The Bertz CT molecular complexity index is 368. The van der Waals surface area contributed by atoms with Crippen LogP contribution in [0.4, 0.5) is 0 Å². The van der Waals surface area contributed by atoms with Crippen LogP contribution >= 0.6 is 0 Å². The summed E-state index contributed by atoms with van der Waals surface area (Å²) in [6, 6.07) is 0. The van der Waals surface area contributed by atoms with E-state index in [2.05, 4.69) is 16.8 Å². The molecule has 2 unspecified atom stereocenters. The number of nitrogens with two attached hydrogens (primary N) is 2. The van der Waals surface area contributed by atoms with E-state index in [1.165, 1.54) is 4.18 Å². The summed E-state index contributed by atoms with van der Waals surface area (Å²) < 4.78 is 3.81. The fourth-order valence-electron chi connectivity index (χ4n) is 3.23. The first kappa shape index (κ1) is 15.6. The van der Waals surface area contributed by atoms with Crippen molar-refractivity contribution in [2.24, 2.45) is 22.8 Å². The summed E-state index contributed by atoms with van der Waals surface area (Å²) >= 11 is -1.91. The molecule has 0 aromatic carbocycles. The fourth-order valence-corrected chi connectivity index (χ4v) is 13.4. The normalized spacial score (nSPS) is 19.9. The average Bonchev–Trinajstić information content (AvgIpc) is 2.76. The van der Waals surface area contributed by atoms with Crippen LogP contribution in [0, 0.1) is 11.3 Å². The second-order valence-electron chi connectivity index (χ2n) is 5.66. The van der Waals surface area contributed by atoms with Crippen LogP contribution in [0.3, 0.4) is 0 Å². The van der Waals surface area contributed by atoms with Gasteiger partial charge in [-0.1, -0.05) is 0 Å². The molecule has 4 N–H and O–H groups in total. The molecule has 4 nitrogen and oxygen atoms in total. The Hall–Kier alpha value is -0.450. The van der Waals surface area contributed by atoms with Crippen molar-refractivity contribution in [3.05, 3.63) is 9.91 Å². The van der Waals surface area contributed by atoms with Crippen LogP contribution in [0.2, 0.25) is 7.85 Å². The van der Waals surface area contributed by atoms with Gasteiger partial charge in [-0.05, 0) is 0 Å². The van der Waals surface area contributed by atoms with Crippen LogP contribution in [0.5, 0.6) is 0 Å². The van der Waals surface area contributed by atoms with Gasteiger partial charge in [0.1, 0.15) is 0 Å². The molecule has 0 bridgehead atoms. The minimum absolute atomic E-state index is 0.0446. The van der Waals surface area contributed by atoms with Crippen LogP contribution in [-0.2, 0) is 9.59 Å². The molecule has 1 heterocycles. The van der Waals surface area contributed by atoms with Crippen molar-refractivity contribution in [3.63, 3.8) is 0 Å².